The van der Waals surface area contributed by atoms with E-state index in [0.29, 0.717) is 0 Å². The van der Waals surface area contributed by atoms with Gasteiger partial charge in [-0.15, -0.1) is 12.4 Å². The maximum absolute atomic E-state index is 12.0. The number of likely N-dealkylation sites (tertiary alicyclic amines) is 1. The van der Waals surface area contributed by atoms with Crippen molar-refractivity contribution in [3.63, 3.8) is 0 Å². The number of amides is 1. The highest BCUT2D eigenvalue weighted by Crippen LogP contribution is 2.13. The van der Waals surface area contributed by atoms with Gasteiger partial charge in [0, 0.05) is 25.2 Å². The number of nitrogens with one attached hydrogen (secondary N) is 1. The third-order valence-corrected chi connectivity index (χ3v) is 2.98. The first-order chi connectivity index (χ1) is 7.81. The van der Waals surface area contributed by atoms with Crippen LogP contribution in [0.3, 0.4) is 0 Å². The van der Waals surface area contributed by atoms with E-state index in [9.17, 15) is 4.79 Å². The second-order valence-corrected chi connectivity index (χ2v) is 4.23. The highest BCUT2D eigenvalue weighted by atomic mass is 35.5. The molecule has 94 valence electrons. The minimum atomic E-state index is 0. The Kier molecular flexibility index (Phi) is 5.45. The summed E-state index contributed by atoms with van der Waals surface area (Å²) in [5, 5.41) is 3.09. The Labute approximate surface area is 109 Å². The molecule has 0 bridgehead atoms. The van der Waals surface area contributed by atoms with Gasteiger partial charge in [-0.05, 0) is 37.6 Å². The molecule has 1 N–H and O–H groups in total. The number of hydrogen-bond donors (Lipinski definition) is 1. The van der Waals surface area contributed by atoms with E-state index >= 15 is 0 Å². The van der Waals surface area contributed by atoms with Gasteiger partial charge < -0.3 is 10.2 Å². The molecular formula is C13H19ClN2O. The fraction of sp³-hybridized carbons (Fsp3) is 0.462. The van der Waals surface area contributed by atoms with E-state index in [4.69, 9.17) is 0 Å². The van der Waals surface area contributed by atoms with Crippen LogP contribution in [0.1, 0.15) is 28.8 Å². The molecule has 0 spiro atoms. The number of nitrogens with zero attached hydrogens (tertiary/aromatic N) is 1. The molecule has 4 heteroatoms. The van der Waals surface area contributed by atoms with Crippen molar-refractivity contribution in [3.05, 3.63) is 35.4 Å². The SMILES string of the molecule is CNCc1ccc(C(=O)N2CCCC2)cc1.Cl. The number of hydrogen-bond acceptors (Lipinski definition) is 2. The number of carbonyl (C=O) groups is 1. The number of carbonyl (C=O) groups excluding carboxylic acids is 1. The van der Waals surface area contributed by atoms with E-state index in [1.54, 1.807) is 0 Å². The molecular weight excluding hydrogens is 236 g/mol. The first kappa shape index (κ1) is 14.0. The molecule has 1 aliphatic heterocycles. The molecule has 1 aromatic carbocycles. The molecule has 1 fully saturated rings. The van der Waals surface area contributed by atoms with Crippen molar-refractivity contribution < 1.29 is 4.79 Å². The van der Waals surface area contributed by atoms with Gasteiger partial charge in [0.25, 0.3) is 5.91 Å². The molecule has 0 radical (unpaired) electrons. The van der Waals surface area contributed by atoms with E-state index in [0.717, 1.165) is 38.0 Å². The van der Waals surface area contributed by atoms with Crippen LogP contribution in [0, 0.1) is 0 Å². The summed E-state index contributed by atoms with van der Waals surface area (Å²) in [6, 6.07) is 7.88. The monoisotopic (exact) mass is 254 g/mol. The van der Waals surface area contributed by atoms with Gasteiger partial charge in [-0.1, -0.05) is 12.1 Å². The molecule has 0 aliphatic carbocycles. The van der Waals surface area contributed by atoms with Crippen molar-refractivity contribution in [1.29, 1.82) is 0 Å². The van der Waals surface area contributed by atoms with Crippen LogP contribution in [-0.2, 0) is 6.54 Å². The van der Waals surface area contributed by atoms with Crippen molar-refractivity contribution in [3.8, 4) is 0 Å². The van der Waals surface area contributed by atoms with Crippen LogP contribution < -0.4 is 5.32 Å². The summed E-state index contributed by atoms with van der Waals surface area (Å²) in [7, 11) is 1.92. The predicted octanol–water partition coefficient (Wildman–Crippen LogP) is 2.06. The summed E-state index contributed by atoms with van der Waals surface area (Å²) < 4.78 is 0. The van der Waals surface area contributed by atoms with Crippen LogP contribution in [0.4, 0.5) is 0 Å². The summed E-state index contributed by atoms with van der Waals surface area (Å²) in [6.45, 7) is 2.67. The quantitative estimate of drug-likeness (QED) is 0.896. The maximum atomic E-state index is 12.0. The van der Waals surface area contributed by atoms with E-state index in [2.05, 4.69) is 5.32 Å². The lowest BCUT2D eigenvalue weighted by molar-refractivity contribution is 0.0793. The first-order valence-corrected chi connectivity index (χ1v) is 5.84. The van der Waals surface area contributed by atoms with Crippen molar-refractivity contribution in [2.75, 3.05) is 20.1 Å². The minimum absolute atomic E-state index is 0. The highest BCUT2D eigenvalue weighted by molar-refractivity contribution is 5.94. The lowest BCUT2D eigenvalue weighted by Gasteiger charge is -2.15. The second-order valence-electron chi connectivity index (χ2n) is 4.23. The standard InChI is InChI=1S/C13H18N2O.ClH/c1-14-10-11-4-6-12(7-5-11)13(16)15-8-2-3-9-15;/h4-7,14H,2-3,8-10H2,1H3;1H. The highest BCUT2D eigenvalue weighted by Gasteiger charge is 2.18. The lowest BCUT2D eigenvalue weighted by atomic mass is 10.1. The fourth-order valence-corrected chi connectivity index (χ4v) is 2.07. The zero-order valence-electron chi connectivity index (χ0n) is 10.1. The largest absolute Gasteiger partial charge is 0.339 e. The summed E-state index contributed by atoms with van der Waals surface area (Å²) in [5.41, 5.74) is 2.02. The van der Waals surface area contributed by atoms with Crippen LogP contribution in [0.5, 0.6) is 0 Å². The maximum Gasteiger partial charge on any atom is 0.253 e. The van der Waals surface area contributed by atoms with E-state index in [1.807, 2.05) is 36.2 Å². The smallest absolute Gasteiger partial charge is 0.253 e. The molecule has 2 rings (SSSR count). The zero-order valence-corrected chi connectivity index (χ0v) is 10.9. The lowest BCUT2D eigenvalue weighted by Crippen LogP contribution is -2.27. The topological polar surface area (TPSA) is 32.3 Å². The Bertz CT molecular complexity index is 358. The molecule has 1 amide bonds. The molecule has 3 nitrogen and oxygen atoms in total. The van der Waals surface area contributed by atoms with Crippen molar-refractivity contribution in [2.24, 2.45) is 0 Å². The van der Waals surface area contributed by atoms with Gasteiger partial charge in [0.1, 0.15) is 0 Å². The van der Waals surface area contributed by atoms with Gasteiger partial charge in [-0.25, -0.2) is 0 Å². The van der Waals surface area contributed by atoms with Crippen LogP contribution in [0.25, 0.3) is 0 Å². The third kappa shape index (κ3) is 3.45. The number of benzene rings is 1. The zero-order chi connectivity index (χ0) is 11.4. The van der Waals surface area contributed by atoms with Crippen molar-refractivity contribution in [2.45, 2.75) is 19.4 Å². The Hall–Kier alpha value is -1.06. The molecule has 0 unspecified atom stereocenters. The number of halogens is 1. The summed E-state index contributed by atoms with van der Waals surface area (Å²) in [6.07, 6.45) is 2.28. The summed E-state index contributed by atoms with van der Waals surface area (Å²) in [4.78, 5) is 14.0. The molecule has 0 aromatic heterocycles. The molecule has 0 atom stereocenters. The minimum Gasteiger partial charge on any atom is -0.339 e. The molecule has 0 saturated carbocycles. The normalized spacial score (nSPS) is 14.5. The molecule has 1 saturated heterocycles. The average molecular weight is 255 g/mol. The Morgan fingerprint density at radius 2 is 1.82 bits per heavy atom. The molecule has 1 heterocycles. The van der Waals surface area contributed by atoms with Crippen LogP contribution >= 0.6 is 12.4 Å². The molecule has 1 aliphatic rings. The Morgan fingerprint density at radius 1 is 1.24 bits per heavy atom. The van der Waals surface area contributed by atoms with Gasteiger partial charge in [-0.2, -0.15) is 0 Å². The van der Waals surface area contributed by atoms with E-state index < -0.39 is 0 Å². The van der Waals surface area contributed by atoms with Gasteiger partial charge in [0.05, 0.1) is 0 Å². The van der Waals surface area contributed by atoms with E-state index in [1.165, 1.54) is 5.56 Å². The second kappa shape index (κ2) is 6.62. The Morgan fingerprint density at radius 3 is 2.35 bits per heavy atom. The summed E-state index contributed by atoms with van der Waals surface area (Å²) >= 11 is 0. The van der Waals surface area contributed by atoms with Crippen LogP contribution in [-0.4, -0.2) is 30.9 Å². The van der Waals surface area contributed by atoms with Gasteiger partial charge in [0.15, 0.2) is 0 Å². The predicted molar refractivity (Wildman–Crippen MR) is 71.6 cm³/mol. The number of rotatable bonds is 3. The van der Waals surface area contributed by atoms with E-state index in [-0.39, 0.29) is 18.3 Å². The van der Waals surface area contributed by atoms with Gasteiger partial charge in [0.2, 0.25) is 0 Å². The molecule has 17 heavy (non-hydrogen) atoms. The average Bonchev–Trinajstić information content (AvgIpc) is 2.83. The first-order valence-electron chi connectivity index (χ1n) is 5.84. The van der Waals surface area contributed by atoms with Crippen molar-refractivity contribution >= 4 is 18.3 Å². The van der Waals surface area contributed by atoms with Gasteiger partial charge >= 0.3 is 0 Å². The molecule has 1 aromatic rings. The van der Waals surface area contributed by atoms with Crippen LogP contribution in [0.15, 0.2) is 24.3 Å². The fourth-order valence-electron chi connectivity index (χ4n) is 2.07. The van der Waals surface area contributed by atoms with Crippen LogP contribution in [0.2, 0.25) is 0 Å². The van der Waals surface area contributed by atoms with Gasteiger partial charge in [-0.3, -0.25) is 4.79 Å². The third-order valence-electron chi connectivity index (χ3n) is 2.98. The summed E-state index contributed by atoms with van der Waals surface area (Å²) in [5.74, 6) is 0.175. The van der Waals surface area contributed by atoms with Crippen molar-refractivity contribution in [1.82, 2.24) is 10.2 Å². The Balaban J connectivity index is 0.00000144.